The minimum Gasteiger partial charge on any atom is -0.462 e. The Balaban J connectivity index is 1.95. The molecule has 0 atom stereocenters. The molecule has 0 bridgehead atoms. The van der Waals surface area contributed by atoms with E-state index < -0.39 is 0 Å². The summed E-state index contributed by atoms with van der Waals surface area (Å²) < 4.78 is 7.22. The number of aromatic nitrogens is 5. The lowest BCUT2D eigenvalue weighted by atomic mass is 10.1. The number of nitrogens with zero attached hydrogens (tertiary/aromatic N) is 3. The van der Waals surface area contributed by atoms with Gasteiger partial charge in [0.1, 0.15) is 0 Å². The zero-order valence-electron chi connectivity index (χ0n) is 14.6. The molecule has 3 aromatic heterocycles. The van der Waals surface area contributed by atoms with Crippen LogP contribution in [-0.4, -0.2) is 37.1 Å². The third kappa shape index (κ3) is 2.41. The first-order chi connectivity index (χ1) is 12.5. The Bertz CT molecular complexity index is 1220. The van der Waals surface area contributed by atoms with E-state index in [9.17, 15) is 4.79 Å². The molecule has 26 heavy (non-hydrogen) atoms. The summed E-state index contributed by atoms with van der Waals surface area (Å²) in [7, 11) is 0. The molecule has 0 saturated heterocycles. The summed E-state index contributed by atoms with van der Waals surface area (Å²) in [5.41, 5.74) is 4.27. The van der Waals surface area contributed by atoms with Gasteiger partial charge in [-0.05, 0) is 50.7 Å². The average molecular weight is 367 g/mol. The number of hydrogen-bond donors (Lipinski definition) is 2. The molecule has 0 aliphatic carbocycles. The van der Waals surface area contributed by atoms with E-state index >= 15 is 0 Å². The van der Waals surface area contributed by atoms with E-state index in [1.165, 1.54) is 0 Å². The molecule has 0 saturated carbocycles. The number of esters is 1. The third-order valence-corrected chi connectivity index (χ3v) is 4.63. The Labute approximate surface area is 154 Å². The van der Waals surface area contributed by atoms with Crippen molar-refractivity contribution < 1.29 is 9.53 Å². The third-order valence-electron chi connectivity index (χ3n) is 4.35. The summed E-state index contributed by atoms with van der Waals surface area (Å²) in [6.07, 6.45) is 0. The van der Waals surface area contributed by atoms with Crippen molar-refractivity contribution in [2.75, 3.05) is 6.61 Å². The summed E-state index contributed by atoms with van der Waals surface area (Å²) in [5, 5.41) is 4.08. The van der Waals surface area contributed by atoms with Gasteiger partial charge in [0.2, 0.25) is 4.77 Å². The van der Waals surface area contributed by atoms with Gasteiger partial charge in [-0.3, -0.25) is 5.10 Å². The Morgan fingerprint density at radius 1 is 1.27 bits per heavy atom. The van der Waals surface area contributed by atoms with E-state index in [2.05, 4.69) is 15.1 Å². The highest BCUT2D eigenvalue weighted by molar-refractivity contribution is 7.71. The SMILES string of the molecule is CCOC(=O)c1c(C)[nH]c(-c2nc3c4ccccc4nc(=S)n3[nH]2)c1C. The molecule has 0 unspecified atom stereocenters. The molecule has 7 nitrogen and oxygen atoms in total. The van der Waals surface area contributed by atoms with Crippen molar-refractivity contribution in [2.45, 2.75) is 20.8 Å². The van der Waals surface area contributed by atoms with Gasteiger partial charge in [0.25, 0.3) is 0 Å². The van der Waals surface area contributed by atoms with Crippen LogP contribution in [0.4, 0.5) is 0 Å². The first kappa shape index (κ1) is 16.5. The molecule has 0 fully saturated rings. The first-order valence-electron chi connectivity index (χ1n) is 8.25. The standard InChI is InChI=1S/C18H17N5O2S/c1-4-25-17(24)13-9(2)14(19-10(13)3)15-21-16-11-7-5-6-8-12(11)20-18(26)23(16)22-15/h5-8,19H,4H2,1-3H3,(H,21,22). The molecule has 0 radical (unpaired) electrons. The van der Waals surface area contributed by atoms with Crippen LogP contribution in [-0.2, 0) is 4.74 Å². The van der Waals surface area contributed by atoms with Gasteiger partial charge in [-0.25, -0.2) is 19.3 Å². The molecule has 132 valence electrons. The van der Waals surface area contributed by atoms with E-state index in [0.717, 1.165) is 27.9 Å². The fourth-order valence-corrected chi connectivity index (χ4v) is 3.41. The number of nitrogens with one attached hydrogen (secondary N) is 2. The lowest BCUT2D eigenvalue weighted by molar-refractivity contribution is 0.0525. The van der Waals surface area contributed by atoms with E-state index in [0.29, 0.717) is 28.4 Å². The molecule has 4 aromatic rings. The highest BCUT2D eigenvalue weighted by atomic mass is 32.1. The topological polar surface area (TPSA) is 88.1 Å². The van der Waals surface area contributed by atoms with Crippen LogP contribution < -0.4 is 0 Å². The van der Waals surface area contributed by atoms with E-state index in [1.54, 1.807) is 11.4 Å². The van der Waals surface area contributed by atoms with Crippen LogP contribution in [0.1, 0.15) is 28.5 Å². The molecule has 8 heteroatoms. The van der Waals surface area contributed by atoms with Crippen molar-refractivity contribution in [1.82, 2.24) is 24.6 Å². The monoisotopic (exact) mass is 367 g/mol. The molecule has 4 rings (SSSR count). The maximum Gasteiger partial charge on any atom is 0.340 e. The molecule has 0 spiro atoms. The number of carbonyl (C=O) groups excluding carboxylic acids is 1. The number of hydrogen-bond acceptors (Lipinski definition) is 5. The van der Waals surface area contributed by atoms with E-state index in [-0.39, 0.29) is 5.97 Å². The number of fused-ring (bicyclic) bond motifs is 3. The summed E-state index contributed by atoms with van der Waals surface area (Å²) >= 11 is 5.38. The summed E-state index contributed by atoms with van der Waals surface area (Å²) in [6, 6.07) is 7.71. The molecule has 3 heterocycles. The fraction of sp³-hybridized carbons (Fsp3) is 0.222. The van der Waals surface area contributed by atoms with Crippen molar-refractivity contribution in [3.8, 4) is 11.5 Å². The number of ether oxygens (including phenoxy) is 1. The quantitative estimate of drug-likeness (QED) is 0.425. The molecular weight excluding hydrogens is 350 g/mol. The minimum atomic E-state index is -0.343. The number of aryl methyl sites for hydroxylation is 1. The zero-order chi connectivity index (χ0) is 18.4. The summed E-state index contributed by atoms with van der Waals surface area (Å²) in [5.74, 6) is 0.246. The maximum atomic E-state index is 12.2. The van der Waals surface area contributed by atoms with Crippen LogP contribution in [0.3, 0.4) is 0 Å². The molecule has 0 aliphatic rings. The van der Waals surface area contributed by atoms with Crippen molar-refractivity contribution in [3.63, 3.8) is 0 Å². The number of H-pyrrole nitrogens is 2. The number of carbonyl (C=O) groups is 1. The van der Waals surface area contributed by atoms with Gasteiger partial charge in [0, 0.05) is 11.1 Å². The fourth-order valence-electron chi connectivity index (χ4n) is 3.18. The normalized spacial score (nSPS) is 11.3. The maximum absolute atomic E-state index is 12.2. The molecule has 0 aliphatic heterocycles. The largest absolute Gasteiger partial charge is 0.462 e. The van der Waals surface area contributed by atoms with Crippen molar-refractivity contribution in [3.05, 3.63) is 45.9 Å². The Morgan fingerprint density at radius 3 is 2.81 bits per heavy atom. The molecule has 2 N–H and O–H groups in total. The number of aromatic amines is 2. The minimum absolute atomic E-state index is 0.329. The van der Waals surface area contributed by atoms with Gasteiger partial charge < -0.3 is 9.72 Å². The molecular formula is C18H17N5O2S. The van der Waals surface area contributed by atoms with Crippen molar-refractivity contribution >= 4 is 34.7 Å². The van der Waals surface area contributed by atoms with Crippen LogP contribution in [0.15, 0.2) is 24.3 Å². The van der Waals surface area contributed by atoms with Crippen molar-refractivity contribution in [2.24, 2.45) is 0 Å². The predicted octanol–water partition coefficient (Wildman–Crippen LogP) is 3.73. The molecule has 1 aromatic carbocycles. The Morgan fingerprint density at radius 2 is 2.04 bits per heavy atom. The van der Waals surface area contributed by atoms with Gasteiger partial charge in [-0.1, -0.05) is 12.1 Å². The molecule has 0 amide bonds. The second-order valence-corrected chi connectivity index (χ2v) is 6.35. The number of rotatable bonds is 3. The smallest absolute Gasteiger partial charge is 0.340 e. The number of benzene rings is 1. The van der Waals surface area contributed by atoms with Crippen molar-refractivity contribution in [1.29, 1.82) is 0 Å². The van der Waals surface area contributed by atoms with Gasteiger partial charge >= 0.3 is 5.97 Å². The van der Waals surface area contributed by atoms with Gasteiger partial charge in [0.05, 0.1) is 23.4 Å². The van der Waals surface area contributed by atoms with Crippen LogP contribution in [0, 0.1) is 18.6 Å². The lowest BCUT2D eigenvalue weighted by Crippen LogP contribution is -2.06. The van der Waals surface area contributed by atoms with E-state index in [4.69, 9.17) is 21.9 Å². The van der Waals surface area contributed by atoms with Crippen LogP contribution in [0.25, 0.3) is 28.1 Å². The highest BCUT2D eigenvalue weighted by Gasteiger charge is 2.22. The summed E-state index contributed by atoms with van der Waals surface area (Å²) in [6.45, 7) is 5.83. The van der Waals surface area contributed by atoms with Gasteiger partial charge in [-0.2, -0.15) is 0 Å². The Kier molecular flexibility index (Phi) is 3.84. The Hall–Kier alpha value is -3.00. The predicted molar refractivity (Wildman–Crippen MR) is 101 cm³/mol. The van der Waals surface area contributed by atoms with Crippen LogP contribution in [0.2, 0.25) is 0 Å². The highest BCUT2D eigenvalue weighted by Crippen LogP contribution is 2.27. The second kappa shape index (κ2) is 6.06. The first-order valence-corrected chi connectivity index (χ1v) is 8.66. The summed E-state index contributed by atoms with van der Waals surface area (Å²) in [4.78, 5) is 24.6. The lowest BCUT2D eigenvalue weighted by Gasteiger charge is -2.02. The zero-order valence-corrected chi connectivity index (χ0v) is 15.4. The van der Waals surface area contributed by atoms with Gasteiger partial charge in [0.15, 0.2) is 11.5 Å². The van der Waals surface area contributed by atoms with Gasteiger partial charge in [-0.15, -0.1) is 0 Å². The number of para-hydroxylation sites is 1. The second-order valence-electron chi connectivity index (χ2n) is 5.99. The average Bonchev–Trinajstić information content (AvgIpc) is 3.17. The van der Waals surface area contributed by atoms with Crippen LogP contribution >= 0.6 is 12.2 Å². The van der Waals surface area contributed by atoms with E-state index in [1.807, 2.05) is 38.1 Å². The van der Waals surface area contributed by atoms with Crippen LogP contribution in [0.5, 0.6) is 0 Å².